The molecule has 0 spiro atoms. The number of rotatable bonds is 7. The zero-order valence-corrected chi connectivity index (χ0v) is 15.5. The molecule has 1 unspecified atom stereocenters. The van der Waals surface area contributed by atoms with E-state index in [-0.39, 0.29) is 17.6 Å². The Morgan fingerprint density at radius 2 is 1.67 bits per heavy atom. The minimum absolute atomic E-state index is 0.0474. The molecule has 2 atom stereocenters. The van der Waals surface area contributed by atoms with E-state index < -0.39 is 18.3 Å². The minimum atomic E-state index is -0.406. The monoisotopic (exact) mass is 331 g/mol. The van der Waals surface area contributed by atoms with Crippen LogP contribution in [0.25, 0.3) is 0 Å². The number of primary amides is 1. The van der Waals surface area contributed by atoms with Crippen LogP contribution in [0.2, 0.25) is 5.82 Å². The van der Waals surface area contributed by atoms with E-state index in [0.717, 1.165) is 12.8 Å². The first-order chi connectivity index (χ1) is 11.2. The van der Waals surface area contributed by atoms with Crippen molar-refractivity contribution in [2.45, 2.75) is 70.9 Å². The number of carbonyl (C=O) groups excluding carboxylic acids is 1. The van der Waals surface area contributed by atoms with Gasteiger partial charge in [-0.25, -0.2) is 0 Å². The number of amides is 1. The Bertz CT molecular complexity index is 543. The van der Waals surface area contributed by atoms with Crippen LogP contribution in [0.1, 0.15) is 53.0 Å². The van der Waals surface area contributed by atoms with Crippen molar-refractivity contribution in [1.29, 1.82) is 0 Å². The maximum atomic E-state index is 12.0. The van der Waals surface area contributed by atoms with Crippen LogP contribution in [0.5, 0.6) is 0 Å². The third-order valence-electron chi connectivity index (χ3n) is 5.55. The van der Waals surface area contributed by atoms with Crippen LogP contribution in [-0.4, -0.2) is 24.2 Å². The molecule has 1 heterocycles. The standard InChI is InChI=1S/C19H30BNO3/c1-6-15(17(21)22)16(13-12-14-10-8-7-9-11-14)20-23-18(2,3)19(4,5)24-20/h7-11,15-16H,6,12-13H2,1-5H3,(H2,21,22)/t15?,16-/m1/s1. The zero-order chi connectivity index (χ0) is 18.0. The molecule has 1 amide bonds. The highest BCUT2D eigenvalue weighted by Crippen LogP contribution is 2.43. The molecular formula is C19H30BNO3. The Morgan fingerprint density at radius 1 is 1.12 bits per heavy atom. The summed E-state index contributed by atoms with van der Waals surface area (Å²) in [5, 5.41) is 0. The highest BCUT2D eigenvalue weighted by molar-refractivity contribution is 6.48. The number of hydrogen-bond acceptors (Lipinski definition) is 3. The van der Waals surface area contributed by atoms with Gasteiger partial charge in [0.15, 0.2) is 0 Å². The van der Waals surface area contributed by atoms with Gasteiger partial charge in [-0.05, 0) is 52.5 Å². The third-order valence-corrected chi connectivity index (χ3v) is 5.55. The fourth-order valence-electron chi connectivity index (χ4n) is 3.28. The summed E-state index contributed by atoms with van der Waals surface area (Å²) in [6.45, 7) is 10.1. The second kappa shape index (κ2) is 7.28. The van der Waals surface area contributed by atoms with Crippen molar-refractivity contribution in [3.8, 4) is 0 Å². The van der Waals surface area contributed by atoms with Gasteiger partial charge < -0.3 is 15.0 Å². The predicted molar refractivity (Wildman–Crippen MR) is 97.6 cm³/mol. The molecular weight excluding hydrogens is 301 g/mol. The molecule has 0 aromatic heterocycles. The lowest BCUT2D eigenvalue weighted by molar-refractivity contribution is -0.122. The summed E-state index contributed by atoms with van der Waals surface area (Å²) in [5.74, 6) is -0.567. The van der Waals surface area contributed by atoms with Gasteiger partial charge in [-0.3, -0.25) is 4.79 Å². The summed E-state index contributed by atoms with van der Waals surface area (Å²) in [7, 11) is -0.406. The fraction of sp³-hybridized carbons (Fsp3) is 0.632. The van der Waals surface area contributed by atoms with Crippen LogP contribution in [0, 0.1) is 5.92 Å². The molecule has 0 aliphatic carbocycles. The van der Waals surface area contributed by atoms with Crippen molar-refractivity contribution in [3.05, 3.63) is 35.9 Å². The van der Waals surface area contributed by atoms with Gasteiger partial charge in [0.1, 0.15) is 0 Å². The van der Waals surface area contributed by atoms with Gasteiger partial charge in [0, 0.05) is 11.7 Å². The Kier molecular flexibility index (Phi) is 5.76. The van der Waals surface area contributed by atoms with E-state index in [0.29, 0.717) is 6.42 Å². The highest BCUT2D eigenvalue weighted by atomic mass is 16.7. The van der Waals surface area contributed by atoms with Gasteiger partial charge in [0.2, 0.25) is 5.91 Å². The molecule has 0 bridgehead atoms. The number of carbonyl (C=O) groups is 1. The molecule has 132 valence electrons. The summed E-state index contributed by atoms with van der Waals surface area (Å²) in [5.41, 5.74) is 6.11. The van der Waals surface area contributed by atoms with Crippen molar-refractivity contribution in [3.63, 3.8) is 0 Å². The van der Waals surface area contributed by atoms with Crippen LogP contribution >= 0.6 is 0 Å². The SMILES string of the molecule is CCC(C(N)=O)[C@@H](CCc1ccccc1)B1OC(C)(C)C(C)(C)O1. The third kappa shape index (κ3) is 4.01. The van der Waals surface area contributed by atoms with Crippen LogP contribution in [-0.2, 0) is 20.5 Å². The average Bonchev–Trinajstić information content (AvgIpc) is 2.72. The van der Waals surface area contributed by atoms with Crippen LogP contribution in [0.3, 0.4) is 0 Å². The van der Waals surface area contributed by atoms with Crippen molar-refractivity contribution in [1.82, 2.24) is 0 Å². The lowest BCUT2D eigenvalue weighted by Crippen LogP contribution is -2.41. The van der Waals surface area contributed by atoms with Crippen molar-refractivity contribution in [2.24, 2.45) is 11.7 Å². The minimum Gasteiger partial charge on any atom is -0.403 e. The van der Waals surface area contributed by atoms with E-state index in [9.17, 15) is 4.79 Å². The van der Waals surface area contributed by atoms with Crippen molar-refractivity contribution in [2.75, 3.05) is 0 Å². The normalized spacial score (nSPS) is 21.5. The lowest BCUT2D eigenvalue weighted by atomic mass is 9.61. The molecule has 1 saturated heterocycles. The van der Waals surface area contributed by atoms with Crippen LogP contribution in [0.15, 0.2) is 30.3 Å². The number of hydrogen-bond donors (Lipinski definition) is 1. The second-order valence-corrected chi connectivity index (χ2v) is 7.73. The molecule has 0 saturated carbocycles. The Balaban J connectivity index is 2.19. The summed E-state index contributed by atoms with van der Waals surface area (Å²) in [6, 6.07) is 10.3. The average molecular weight is 331 g/mol. The zero-order valence-electron chi connectivity index (χ0n) is 15.5. The first kappa shape index (κ1) is 19.0. The largest absolute Gasteiger partial charge is 0.461 e. The first-order valence-electron chi connectivity index (χ1n) is 8.87. The number of nitrogens with two attached hydrogens (primary N) is 1. The predicted octanol–water partition coefficient (Wildman–Crippen LogP) is 3.59. The van der Waals surface area contributed by atoms with E-state index in [2.05, 4.69) is 12.1 Å². The molecule has 24 heavy (non-hydrogen) atoms. The van der Waals surface area contributed by atoms with E-state index in [4.69, 9.17) is 15.0 Å². The van der Waals surface area contributed by atoms with Gasteiger partial charge in [-0.2, -0.15) is 0 Å². The summed E-state index contributed by atoms with van der Waals surface area (Å²) in [6.07, 6.45) is 2.38. The Labute approximate surface area is 146 Å². The van der Waals surface area contributed by atoms with E-state index >= 15 is 0 Å². The maximum absolute atomic E-state index is 12.0. The molecule has 1 fully saturated rings. The molecule has 0 radical (unpaired) electrons. The lowest BCUT2D eigenvalue weighted by Gasteiger charge is -2.32. The van der Waals surface area contributed by atoms with Gasteiger partial charge in [-0.1, -0.05) is 37.3 Å². The van der Waals surface area contributed by atoms with Crippen molar-refractivity contribution >= 4 is 13.0 Å². The molecule has 2 N–H and O–H groups in total. The summed E-state index contributed by atoms with van der Waals surface area (Å²) >= 11 is 0. The maximum Gasteiger partial charge on any atom is 0.461 e. The van der Waals surface area contributed by atoms with E-state index in [1.165, 1.54) is 5.56 Å². The quantitative estimate of drug-likeness (QED) is 0.777. The molecule has 1 aromatic carbocycles. The van der Waals surface area contributed by atoms with E-state index in [1.807, 2.05) is 52.8 Å². The topological polar surface area (TPSA) is 61.6 Å². The smallest absolute Gasteiger partial charge is 0.403 e. The summed E-state index contributed by atoms with van der Waals surface area (Å²) < 4.78 is 12.4. The number of aryl methyl sites for hydroxylation is 1. The highest BCUT2D eigenvalue weighted by Gasteiger charge is 2.55. The Hall–Kier alpha value is -1.33. The van der Waals surface area contributed by atoms with Gasteiger partial charge in [0.25, 0.3) is 0 Å². The van der Waals surface area contributed by atoms with Crippen molar-refractivity contribution < 1.29 is 14.1 Å². The van der Waals surface area contributed by atoms with Crippen LogP contribution < -0.4 is 5.73 Å². The second-order valence-electron chi connectivity index (χ2n) is 7.73. The van der Waals surface area contributed by atoms with Gasteiger partial charge in [-0.15, -0.1) is 0 Å². The van der Waals surface area contributed by atoms with Crippen LogP contribution in [0.4, 0.5) is 0 Å². The Morgan fingerprint density at radius 3 is 2.12 bits per heavy atom. The van der Waals surface area contributed by atoms with Gasteiger partial charge >= 0.3 is 7.12 Å². The number of benzene rings is 1. The fourth-order valence-corrected chi connectivity index (χ4v) is 3.28. The molecule has 1 aliphatic rings. The molecule has 4 nitrogen and oxygen atoms in total. The molecule has 5 heteroatoms. The summed E-state index contributed by atoms with van der Waals surface area (Å²) in [4.78, 5) is 12.0. The molecule has 1 aliphatic heterocycles. The van der Waals surface area contributed by atoms with E-state index in [1.54, 1.807) is 0 Å². The molecule has 1 aromatic rings. The molecule has 2 rings (SSSR count). The van der Waals surface area contributed by atoms with Gasteiger partial charge in [0.05, 0.1) is 11.2 Å². The first-order valence-corrected chi connectivity index (χ1v) is 8.87.